The van der Waals surface area contributed by atoms with Crippen LogP contribution in [0.2, 0.25) is 5.02 Å². The number of para-hydroxylation sites is 1. The van der Waals surface area contributed by atoms with Gasteiger partial charge in [-0.3, -0.25) is 14.0 Å². The third-order valence-corrected chi connectivity index (χ3v) is 4.77. The van der Waals surface area contributed by atoms with E-state index in [1.165, 1.54) is 22.2 Å². The molecule has 3 rings (SSSR count). The number of aryl methyl sites for hydroxylation is 1. The van der Waals surface area contributed by atoms with Crippen molar-refractivity contribution in [3.63, 3.8) is 0 Å². The van der Waals surface area contributed by atoms with Crippen LogP contribution in [0.1, 0.15) is 11.3 Å². The van der Waals surface area contributed by atoms with Crippen LogP contribution in [-0.2, 0) is 10.5 Å². The van der Waals surface area contributed by atoms with Crippen molar-refractivity contribution in [3.8, 4) is 0 Å². The highest BCUT2D eigenvalue weighted by atomic mass is 35.5. The van der Waals surface area contributed by atoms with Crippen molar-refractivity contribution in [1.29, 1.82) is 0 Å². The highest BCUT2D eigenvalue weighted by Gasteiger charge is 2.07. The van der Waals surface area contributed by atoms with Crippen LogP contribution in [0.3, 0.4) is 0 Å². The molecule has 0 saturated heterocycles. The summed E-state index contributed by atoms with van der Waals surface area (Å²) < 4.78 is 1.40. The number of hydrogen-bond donors (Lipinski definition) is 1. The maximum absolute atomic E-state index is 12.1. The largest absolute Gasteiger partial charge is 0.325 e. The molecule has 5 nitrogen and oxygen atoms in total. The smallest absolute Gasteiger partial charge is 0.258 e. The van der Waals surface area contributed by atoms with Crippen molar-refractivity contribution < 1.29 is 4.79 Å². The molecule has 2 aromatic heterocycles. The Bertz CT molecular complexity index is 987. The third-order valence-electron chi connectivity index (χ3n) is 3.58. The van der Waals surface area contributed by atoms with Crippen molar-refractivity contribution in [1.82, 2.24) is 9.38 Å². The summed E-state index contributed by atoms with van der Waals surface area (Å²) in [4.78, 5) is 28.6. The summed E-state index contributed by atoms with van der Waals surface area (Å²) in [5, 5.41) is 3.36. The number of rotatable bonds is 5. The normalized spacial score (nSPS) is 10.8. The van der Waals surface area contributed by atoms with E-state index in [0.717, 1.165) is 11.3 Å². The Kier molecular flexibility index (Phi) is 5.40. The lowest BCUT2D eigenvalue weighted by Gasteiger charge is -2.08. The SMILES string of the molecule is Cc1ccccc1NC(=O)CSCc1cc(=O)n2cc(Cl)ccc2n1. The molecule has 0 unspecified atom stereocenters. The fraction of sp³-hybridized carbons (Fsp3) is 0.167. The molecule has 0 radical (unpaired) electrons. The monoisotopic (exact) mass is 373 g/mol. The van der Waals surface area contributed by atoms with Gasteiger partial charge in [-0.05, 0) is 30.7 Å². The Morgan fingerprint density at radius 3 is 2.88 bits per heavy atom. The second-order valence-electron chi connectivity index (χ2n) is 5.52. The molecule has 0 aliphatic heterocycles. The zero-order valence-corrected chi connectivity index (χ0v) is 15.1. The lowest BCUT2D eigenvalue weighted by Crippen LogP contribution is -2.16. The van der Waals surface area contributed by atoms with E-state index in [1.54, 1.807) is 18.3 Å². The number of carbonyl (C=O) groups excluding carboxylic acids is 1. The molecule has 1 amide bonds. The predicted octanol–water partition coefficient (Wildman–Crippen LogP) is 3.53. The summed E-state index contributed by atoms with van der Waals surface area (Å²) in [5.74, 6) is 0.689. The van der Waals surface area contributed by atoms with E-state index in [-0.39, 0.29) is 17.2 Å². The molecule has 1 aromatic carbocycles. The van der Waals surface area contributed by atoms with Gasteiger partial charge in [-0.15, -0.1) is 11.8 Å². The number of fused-ring (bicyclic) bond motifs is 1. The molecule has 0 fully saturated rings. The first kappa shape index (κ1) is 17.5. The summed E-state index contributed by atoms with van der Waals surface area (Å²) in [6.07, 6.45) is 1.54. The molecule has 3 aromatic rings. The number of halogens is 1. The second kappa shape index (κ2) is 7.72. The van der Waals surface area contributed by atoms with Gasteiger partial charge in [0.2, 0.25) is 5.91 Å². The Balaban J connectivity index is 1.61. The number of nitrogens with one attached hydrogen (secondary N) is 1. The maximum Gasteiger partial charge on any atom is 0.258 e. The highest BCUT2D eigenvalue weighted by Crippen LogP contribution is 2.15. The molecule has 128 valence electrons. The minimum absolute atomic E-state index is 0.0800. The van der Waals surface area contributed by atoms with Gasteiger partial charge in [0.1, 0.15) is 5.65 Å². The van der Waals surface area contributed by atoms with Crippen LogP contribution in [0, 0.1) is 6.92 Å². The van der Waals surface area contributed by atoms with E-state index < -0.39 is 0 Å². The zero-order chi connectivity index (χ0) is 17.8. The summed E-state index contributed by atoms with van der Waals surface area (Å²) in [6.45, 7) is 1.95. The van der Waals surface area contributed by atoms with Crippen LogP contribution in [0.4, 0.5) is 5.69 Å². The van der Waals surface area contributed by atoms with Crippen LogP contribution in [0.5, 0.6) is 0 Å². The molecule has 1 N–H and O–H groups in total. The molecule has 0 aliphatic rings. The van der Waals surface area contributed by atoms with Crippen LogP contribution in [0.25, 0.3) is 5.65 Å². The summed E-state index contributed by atoms with van der Waals surface area (Å²) in [6, 6.07) is 12.5. The predicted molar refractivity (Wildman–Crippen MR) is 102 cm³/mol. The van der Waals surface area contributed by atoms with Crippen molar-refractivity contribution in [2.75, 3.05) is 11.1 Å². The average Bonchev–Trinajstić information content (AvgIpc) is 2.58. The molecule has 0 atom stereocenters. The number of benzene rings is 1. The number of carbonyl (C=O) groups is 1. The second-order valence-corrected chi connectivity index (χ2v) is 6.94. The molecule has 0 bridgehead atoms. The number of hydrogen-bond acceptors (Lipinski definition) is 4. The topological polar surface area (TPSA) is 63.5 Å². The Morgan fingerprint density at radius 1 is 1.28 bits per heavy atom. The van der Waals surface area contributed by atoms with Gasteiger partial charge < -0.3 is 5.32 Å². The zero-order valence-electron chi connectivity index (χ0n) is 13.5. The van der Waals surface area contributed by atoms with Gasteiger partial charge >= 0.3 is 0 Å². The van der Waals surface area contributed by atoms with Gasteiger partial charge in [-0.25, -0.2) is 4.98 Å². The van der Waals surface area contributed by atoms with Crippen molar-refractivity contribution in [2.45, 2.75) is 12.7 Å². The maximum atomic E-state index is 12.1. The number of pyridine rings is 1. The summed E-state index contributed by atoms with van der Waals surface area (Å²) in [5.41, 5.74) is 2.82. The number of thioether (sulfide) groups is 1. The minimum atomic E-state index is -0.188. The Morgan fingerprint density at radius 2 is 2.08 bits per heavy atom. The van der Waals surface area contributed by atoms with Gasteiger partial charge in [0.15, 0.2) is 0 Å². The van der Waals surface area contributed by atoms with E-state index >= 15 is 0 Å². The average molecular weight is 374 g/mol. The number of amides is 1. The highest BCUT2D eigenvalue weighted by molar-refractivity contribution is 7.99. The van der Waals surface area contributed by atoms with Gasteiger partial charge in [0, 0.05) is 23.7 Å². The molecular weight excluding hydrogens is 358 g/mol. The standard InChI is InChI=1S/C18H16ClN3O2S/c1-12-4-2-3-5-15(12)21-17(23)11-25-10-14-8-18(24)22-9-13(19)6-7-16(22)20-14/h2-9H,10-11H2,1H3,(H,21,23). The molecule has 0 saturated carbocycles. The quantitative estimate of drug-likeness (QED) is 0.743. The van der Waals surface area contributed by atoms with E-state index in [4.69, 9.17) is 11.6 Å². The number of anilines is 1. The lowest BCUT2D eigenvalue weighted by molar-refractivity contribution is -0.113. The molecular formula is C18H16ClN3O2S. The first-order valence-electron chi connectivity index (χ1n) is 7.64. The van der Waals surface area contributed by atoms with Crippen LogP contribution < -0.4 is 10.9 Å². The fourth-order valence-corrected chi connectivity index (χ4v) is 3.22. The first-order valence-corrected chi connectivity index (χ1v) is 9.17. The third kappa shape index (κ3) is 4.41. The molecule has 25 heavy (non-hydrogen) atoms. The van der Waals surface area contributed by atoms with Gasteiger partial charge in [0.25, 0.3) is 5.56 Å². The first-order chi connectivity index (χ1) is 12.0. The summed E-state index contributed by atoms with van der Waals surface area (Å²) in [7, 11) is 0. The van der Waals surface area contributed by atoms with Crippen molar-refractivity contribution >= 4 is 40.6 Å². The van der Waals surface area contributed by atoms with E-state index in [1.807, 2.05) is 31.2 Å². The van der Waals surface area contributed by atoms with Crippen molar-refractivity contribution in [2.24, 2.45) is 0 Å². The van der Waals surface area contributed by atoms with E-state index in [2.05, 4.69) is 10.3 Å². The van der Waals surface area contributed by atoms with E-state index in [0.29, 0.717) is 22.1 Å². The van der Waals surface area contributed by atoms with Crippen molar-refractivity contribution in [3.05, 3.63) is 75.3 Å². The Labute approximate surface area is 154 Å². The number of nitrogens with zero attached hydrogens (tertiary/aromatic N) is 2. The Hall–Kier alpha value is -2.31. The molecule has 2 heterocycles. The van der Waals surface area contributed by atoms with Gasteiger partial charge in [0.05, 0.1) is 16.5 Å². The lowest BCUT2D eigenvalue weighted by atomic mass is 10.2. The van der Waals surface area contributed by atoms with Gasteiger partial charge in [-0.2, -0.15) is 0 Å². The molecule has 7 heteroatoms. The van der Waals surface area contributed by atoms with Crippen LogP contribution in [-0.4, -0.2) is 21.0 Å². The fourth-order valence-electron chi connectivity index (χ4n) is 2.35. The molecule has 0 aliphatic carbocycles. The van der Waals surface area contributed by atoms with Crippen LogP contribution in [0.15, 0.2) is 53.5 Å². The molecule has 0 spiro atoms. The number of aromatic nitrogens is 2. The van der Waals surface area contributed by atoms with E-state index in [9.17, 15) is 9.59 Å². The minimum Gasteiger partial charge on any atom is -0.325 e. The summed E-state index contributed by atoms with van der Waals surface area (Å²) >= 11 is 7.30. The van der Waals surface area contributed by atoms with Crippen LogP contribution >= 0.6 is 23.4 Å². The van der Waals surface area contributed by atoms with Gasteiger partial charge in [-0.1, -0.05) is 29.8 Å².